The van der Waals surface area contributed by atoms with Crippen molar-refractivity contribution in [2.75, 3.05) is 13.3 Å². The van der Waals surface area contributed by atoms with E-state index in [1.807, 2.05) is 34.0 Å². The molecule has 0 radical (unpaired) electrons. The average molecular weight is 459 g/mol. The molecule has 0 aliphatic heterocycles. The number of hydrogen-bond donors (Lipinski definition) is 2. The smallest absolute Gasteiger partial charge is 0.272 e. The maximum absolute atomic E-state index is 12.4. The summed E-state index contributed by atoms with van der Waals surface area (Å²) in [7, 11) is 1.70. The Morgan fingerprint density at radius 2 is 1.84 bits per heavy atom. The van der Waals surface area contributed by atoms with E-state index in [0.29, 0.717) is 36.3 Å². The summed E-state index contributed by atoms with van der Waals surface area (Å²) in [6, 6.07) is 12.0. The van der Waals surface area contributed by atoms with E-state index in [1.165, 1.54) is 21.5 Å². The number of hydrogen-bond acceptors (Lipinski definition) is 8. The SMILES string of the molecule is Cn1c(=O)c2sccc2n2c(CCCC(=O)NCCc3ccccc3)nnc12.N.[O-]C[O-]. The van der Waals surface area contributed by atoms with Gasteiger partial charge in [-0.2, -0.15) is 0 Å². The molecule has 11 heteroatoms. The lowest BCUT2D eigenvalue weighted by Gasteiger charge is -2.06. The molecule has 0 saturated carbocycles. The molecular weight excluding hydrogens is 432 g/mol. The molecule has 0 bridgehead atoms. The van der Waals surface area contributed by atoms with Gasteiger partial charge in [-0.3, -0.25) is 18.6 Å². The molecule has 172 valence electrons. The first kappa shape index (κ1) is 25.1. The van der Waals surface area contributed by atoms with Gasteiger partial charge in [-0.25, -0.2) is 6.79 Å². The third-order valence-electron chi connectivity index (χ3n) is 4.78. The molecule has 4 N–H and O–H groups in total. The van der Waals surface area contributed by atoms with E-state index < -0.39 is 6.79 Å². The molecule has 3 heterocycles. The van der Waals surface area contributed by atoms with Crippen LogP contribution in [0.1, 0.15) is 24.2 Å². The van der Waals surface area contributed by atoms with Gasteiger partial charge in [0.1, 0.15) is 10.5 Å². The van der Waals surface area contributed by atoms with Crippen molar-refractivity contribution >= 4 is 33.2 Å². The van der Waals surface area contributed by atoms with Crippen LogP contribution in [0, 0.1) is 0 Å². The predicted molar refractivity (Wildman–Crippen MR) is 120 cm³/mol. The lowest BCUT2D eigenvalue weighted by atomic mass is 10.1. The van der Waals surface area contributed by atoms with Gasteiger partial charge in [0, 0.05) is 26.4 Å². The van der Waals surface area contributed by atoms with Gasteiger partial charge < -0.3 is 21.7 Å². The van der Waals surface area contributed by atoms with E-state index in [-0.39, 0.29) is 17.6 Å². The Morgan fingerprint density at radius 1 is 1.12 bits per heavy atom. The Morgan fingerprint density at radius 3 is 2.56 bits per heavy atom. The number of carbonyl (C=O) groups excluding carboxylic acids is 1. The minimum atomic E-state index is -1.25. The van der Waals surface area contributed by atoms with Gasteiger partial charge in [-0.15, -0.1) is 21.5 Å². The molecule has 32 heavy (non-hydrogen) atoms. The fourth-order valence-electron chi connectivity index (χ4n) is 3.30. The van der Waals surface area contributed by atoms with Crippen LogP contribution in [0.5, 0.6) is 0 Å². The van der Waals surface area contributed by atoms with Crippen molar-refractivity contribution < 1.29 is 15.0 Å². The van der Waals surface area contributed by atoms with E-state index in [1.54, 1.807) is 7.05 Å². The zero-order valence-corrected chi connectivity index (χ0v) is 18.6. The van der Waals surface area contributed by atoms with Gasteiger partial charge in [-0.05, 0) is 29.9 Å². The zero-order chi connectivity index (χ0) is 22.2. The number of aromatic nitrogens is 4. The largest absolute Gasteiger partial charge is 0.868 e. The second-order valence-electron chi connectivity index (χ2n) is 6.81. The number of carbonyl (C=O) groups is 1. The first-order valence-corrected chi connectivity index (χ1v) is 10.7. The molecule has 1 aromatic carbocycles. The Labute approximate surface area is 188 Å². The first-order valence-electron chi connectivity index (χ1n) is 9.83. The third-order valence-corrected chi connectivity index (χ3v) is 5.67. The van der Waals surface area contributed by atoms with Crippen molar-refractivity contribution in [2.45, 2.75) is 25.7 Å². The van der Waals surface area contributed by atoms with Crippen LogP contribution in [0.3, 0.4) is 0 Å². The molecule has 0 aliphatic carbocycles. The number of fused-ring (bicyclic) bond motifs is 3. The molecule has 4 rings (SSSR count). The molecule has 10 nitrogen and oxygen atoms in total. The Hall–Kier alpha value is -3.12. The topological polar surface area (TPSA) is 162 Å². The highest BCUT2D eigenvalue weighted by atomic mass is 32.1. The third kappa shape index (κ3) is 5.77. The number of aryl methyl sites for hydroxylation is 2. The van der Waals surface area contributed by atoms with E-state index in [2.05, 4.69) is 27.6 Å². The van der Waals surface area contributed by atoms with Crippen LogP contribution in [-0.4, -0.2) is 38.4 Å². The Bertz CT molecular complexity index is 1200. The highest BCUT2D eigenvalue weighted by Crippen LogP contribution is 2.19. The maximum atomic E-state index is 12.4. The highest BCUT2D eigenvalue weighted by Gasteiger charge is 2.15. The fourth-order valence-corrected chi connectivity index (χ4v) is 4.15. The van der Waals surface area contributed by atoms with E-state index >= 15 is 0 Å². The molecule has 0 saturated heterocycles. The summed E-state index contributed by atoms with van der Waals surface area (Å²) in [6.45, 7) is -0.617. The number of amides is 1. The first-order chi connectivity index (χ1) is 15.1. The molecule has 0 spiro atoms. The van der Waals surface area contributed by atoms with Crippen molar-refractivity contribution in [3.8, 4) is 0 Å². The lowest BCUT2D eigenvalue weighted by molar-refractivity contribution is -0.596. The van der Waals surface area contributed by atoms with Crippen molar-refractivity contribution in [3.05, 3.63) is 63.5 Å². The molecular formula is C21H26N6O4S-2. The molecule has 0 atom stereocenters. The van der Waals surface area contributed by atoms with Crippen LogP contribution >= 0.6 is 11.3 Å². The second kappa shape index (κ2) is 12.1. The van der Waals surface area contributed by atoms with Gasteiger partial charge in [0.15, 0.2) is 0 Å². The van der Waals surface area contributed by atoms with E-state index in [9.17, 15) is 9.59 Å². The van der Waals surface area contributed by atoms with Crippen molar-refractivity contribution in [1.82, 2.24) is 30.6 Å². The number of thiophene rings is 1. The lowest BCUT2D eigenvalue weighted by Crippen LogP contribution is -2.25. The van der Waals surface area contributed by atoms with Gasteiger partial charge >= 0.3 is 0 Å². The van der Waals surface area contributed by atoms with Crippen LogP contribution in [-0.2, 0) is 24.7 Å². The highest BCUT2D eigenvalue weighted by molar-refractivity contribution is 7.17. The molecule has 0 fully saturated rings. The molecule has 0 unspecified atom stereocenters. The van der Waals surface area contributed by atoms with Crippen LogP contribution in [0.2, 0.25) is 0 Å². The number of nitrogens with one attached hydrogen (secondary N) is 1. The summed E-state index contributed by atoms with van der Waals surface area (Å²) in [5, 5.41) is 30.0. The minimum Gasteiger partial charge on any atom is -0.868 e. The van der Waals surface area contributed by atoms with Crippen LogP contribution < -0.4 is 27.2 Å². The Balaban J connectivity index is 0.000000860. The van der Waals surface area contributed by atoms with Crippen LogP contribution in [0.25, 0.3) is 16.0 Å². The predicted octanol–water partition coefficient (Wildman–Crippen LogP) is 0.151. The van der Waals surface area contributed by atoms with Crippen molar-refractivity contribution in [3.63, 3.8) is 0 Å². The monoisotopic (exact) mass is 458 g/mol. The van der Waals surface area contributed by atoms with Crippen LogP contribution in [0.15, 0.2) is 46.6 Å². The van der Waals surface area contributed by atoms with E-state index in [4.69, 9.17) is 10.2 Å². The van der Waals surface area contributed by atoms with Crippen molar-refractivity contribution in [1.29, 1.82) is 0 Å². The van der Waals surface area contributed by atoms with Crippen LogP contribution in [0.4, 0.5) is 0 Å². The van der Waals surface area contributed by atoms with Gasteiger partial charge in [0.05, 0.1) is 5.52 Å². The van der Waals surface area contributed by atoms with E-state index in [0.717, 1.165) is 17.8 Å². The summed E-state index contributed by atoms with van der Waals surface area (Å²) in [5.74, 6) is 1.34. The summed E-state index contributed by atoms with van der Waals surface area (Å²) in [4.78, 5) is 24.5. The zero-order valence-electron chi connectivity index (χ0n) is 17.8. The minimum absolute atomic E-state index is 0. The standard InChI is InChI=1S/C20H21N5O2S.CH2O2.H3N/c1-24-19(27)18-15(11-13-28-18)25-16(22-23-20(24)25)8-5-9-17(26)21-12-10-14-6-3-2-4-7-14;2-1-3;/h2-4,6-7,11,13H,5,8-10,12H2,1H3,(H,21,26);1H2;1H3/q;-2;. The fraction of sp³-hybridized carbons (Fsp3) is 0.333. The molecule has 0 aliphatic rings. The molecule has 4 aromatic rings. The summed E-state index contributed by atoms with van der Waals surface area (Å²) in [6.07, 6.45) is 2.55. The normalized spacial score (nSPS) is 10.5. The maximum Gasteiger partial charge on any atom is 0.272 e. The van der Waals surface area contributed by atoms with Gasteiger partial charge in [-0.1, -0.05) is 30.3 Å². The molecule has 1 amide bonds. The number of benzene rings is 1. The summed E-state index contributed by atoms with van der Waals surface area (Å²) >= 11 is 1.42. The molecule has 3 aromatic heterocycles. The average Bonchev–Trinajstić information content (AvgIpc) is 3.41. The van der Waals surface area contributed by atoms with Gasteiger partial charge in [0.2, 0.25) is 11.7 Å². The number of nitrogens with zero attached hydrogens (tertiary/aromatic N) is 4. The Kier molecular flexibility index (Phi) is 9.47. The summed E-state index contributed by atoms with van der Waals surface area (Å²) in [5.41, 5.74) is 1.98. The summed E-state index contributed by atoms with van der Waals surface area (Å²) < 4.78 is 4.13. The van der Waals surface area contributed by atoms with Crippen molar-refractivity contribution in [2.24, 2.45) is 7.05 Å². The number of rotatable bonds is 7. The van der Waals surface area contributed by atoms with Gasteiger partial charge in [0.25, 0.3) is 5.56 Å². The second-order valence-corrected chi connectivity index (χ2v) is 7.72. The quantitative estimate of drug-likeness (QED) is 0.372.